The van der Waals surface area contributed by atoms with E-state index in [9.17, 15) is 8.42 Å². The van der Waals surface area contributed by atoms with Gasteiger partial charge in [0.15, 0.2) is 5.82 Å². The van der Waals surface area contributed by atoms with E-state index < -0.39 is 10.0 Å². The minimum Gasteiger partial charge on any atom is -0.343 e. The number of hydrogen-bond acceptors (Lipinski definition) is 6. The zero-order chi connectivity index (χ0) is 15.7. The molecule has 0 amide bonds. The summed E-state index contributed by atoms with van der Waals surface area (Å²) in [4.78, 5) is 4.23. The van der Waals surface area contributed by atoms with E-state index in [-0.39, 0.29) is 16.5 Å². The van der Waals surface area contributed by atoms with E-state index in [1.54, 1.807) is 24.4 Å². The molecule has 0 aliphatic rings. The number of hydrogen-bond donors (Lipinski definition) is 1. The Morgan fingerprint density at radius 1 is 1.32 bits per heavy atom. The molecule has 0 spiro atoms. The zero-order valence-electron chi connectivity index (χ0n) is 11.4. The smallest absolute Gasteiger partial charge is 0.265 e. The van der Waals surface area contributed by atoms with Gasteiger partial charge in [0.05, 0.1) is 5.52 Å². The topological polar surface area (TPSA) is 109 Å². The average Bonchev–Trinajstić information content (AvgIpc) is 2.93. The van der Waals surface area contributed by atoms with Crippen molar-refractivity contribution in [2.45, 2.75) is 11.8 Å². The second-order valence-electron chi connectivity index (χ2n) is 4.63. The van der Waals surface area contributed by atoms with Crippen molar-refractivity contribution >= 4 is 26.7 Å². The second-order valence-corrected chi connectivity index (χ2v) is 6.29. The van der Waals surface area contributed by atoms with Gasteiger partial charge in [-0.05, 0) is 24.6 Å². The summed E-state index contributed by atoms with van der Waals surface area (Å²) in [5.41, 5.74) is 1.30. The molecule has 0 radical (unpaired) electrons. The van der Waals surface area contributed by atoms with Crippen LogP contribution in [0.3, 0.4) is 0 Å². The van der Waals surface area contributed by atoms with Crippen molar-refractivity contribution in [1.82, 2.24) is 10.1 Å². The van der Waals surface area contributed by atoms with Crippen LogP contribution in [0.4, 0.5) is 5.82 Å². The third kappa shape index (κ3) is 2.49. The van der Waals surface area contributed by atoms with Crippen molar-refractivity contribution in [3.05, 3.63) is 47.9 Å². The molecule has 2 heterocycles. The Kier molecular flexibility index (Phi) is 3.27. The Balaban J connectivity index is 2.07. The minimum absolute atomic E-state index is 0.0338. The van der Waals surface area contributed by atoms with Gasteiger partial charge in [0.2, 0.25) is 5.76 Å². The highest BCUT2D eigenvalue weighted by atomic mass is 32.2. The van der Waals surface area contributed by atoms with Crippen LogP contribution in [-0.4, -0.2) is 18.6 Å². The molecule has 0 saturated heterocycles. The highest BCUT2D eigenvalue weighted by Gasteiger charge is 2.20. The third-order valence-corrected chi connectivity index (χ3v) is 4.35. The Labute approximate surface area is 126 Å². The van der Waals surface area contributed by atoms with Crippen LogP contribution in [-0.2, 0) is 10.0 Å². The third-order valence-electron chi connectivity index (χ3n) is 2.96. The molecule has 0 bridgehead atoms. The summed E-state index contributed by atoms with van der Waals surface area (Å²) in [7, 11) is -3.89. The first-order valence-electron chi connectivity index (χ1n) is 6.24. The van der Waals surface area contributed by atoms with Crippen molar-refractivity contribution in [3.63, 3.8) is 0 Å². The summed E-state index contributed by atoms with van der Waals surface area (Å²) < 4.78 is 31.9. The lowest BCUT2D eigenvalue weighted by Crippen LogP contribution is -2.14. The van der Waals surface area contributed by atoms with Crippen molar-refractivity contribution in [1.29, 1.82) is 5.26 Å². The van der Waals surface area contributed by atoms with Gasteiger partial charge in [0.25, 0.3) is 10.0 Å². The largest absolute Gasteiger partial charge is 0.343 e. The molecular formula is C14H10N4O3S. The van der Waals surface area contributed by atoms with Gasteiger partial charge in [-0.2, -0.15) is 5.26 Å². The highest BCUT2D eigenvalue weighted by Crippen LogP contribution is 2.23. The van der Waals surface area contributed by atoms with Gasteiger partial charge in [0, 0.05) is 17.6 Å². The predicted molar refractivity (Wildman–Crippen MR) is 78.5 cm³/mol. The first kappa shape index (κ1) is 14.0. The summed E-state index contributed by atoms with van der Waals surface area (Å²) in [5, 5.41) is 12.9. The Hall–Kier alpha value is -2.92. The van der Waals surface area contributed by atoms with Crippen molar-refractivity contribution in [3.8, 4) is 6.07 Å². The van der Waals surface area contributed by atoms with Crippen LogP contribution in [0.15, 0.2) is 45.9 Å². The van der Waals surface area contributed by atoms with Crippen LogP contribution in [0.2, 0.25) is 0 Å². The SMILES string of the molecule is Cc1cnc2c(S(=O)(=O)Nc3cc(C#N)on3)cccc2c1. The quantitative estimate of drug-likeness (QED) is 0.793. The van der Waals surface area contributed by atoms with Gasteiger partial charge < -0.3 is 4.52 Å². The first-order chi connectivity index (χ1) is 10.5. The molecule has 8 heteroatoms. The van der Waals surface area contributed by atoms with Gasteiger partial charge in [-0.1, -0.05) is 17.3 Å². The number of sulfonamides is 1. The van der Waals surface area contributed by atoms with Crippen LogP contribution in [0.25, 0.3) is 10.9 Å². The minimum atomic E-state index is -3.89. The molecule has 0 atom stereocenters. The summed E-state index contributed by atoms with van der Waals surface area (Å²) in [6.45, 7) is 1.88. The molecule has 22 heavy (non-hydrogen) atoms. The van der Waals surface area contributed by atoms with Gasteiger partial charge in [-0.3, -0.25) is 9.71 Å². The van der Waals surface area contributed by atoms with Crippen LogP contribution >= 0.6 is 0 Å². The summed E-state index contributed by atoms with van der Waals surface area (Å²) in [6.07, 6.45) is 1.60. The molecule has 0 fully saturated rings. The van der Waals surface area contributed by atoms with E-state index in [1.165, 1.54) is 12.1 Å². The molecule has 1 aromatic carbocycles. The summed E-state index contributed by atoms with van der Waals surface area (Å²) in [6, 6.07) is 9.68. The number of fused-ring (bicyclic) bond motifs is 1. The molecule has 3 rings (SSSR count). The predicted octanol–water partition coefficient (Wildman–Crippen LogP) is 2.20. The average molecular weight is 314 g/mol. The maximum Gasteiger partial charge on any atom is 0.265 e. The molecule has 0 aliphatic carbocycles. The fraction of sp³-hybridized carbons (Fsp3) is 0.0714. The number of nitrogens with one attached hydrogen (secondary N) is 1. The van der Waals surface area contributed by atoms with Crippen molar-refractivity contribution in [2.75, 3.05) is 4.72 Å². The summed E-state index contributed by atoms with van der Waals surface area (Å²) >= 11 is 0. The monoisotopic (exact) mass is 314 g/mol. The summed E-state index contributed by atoms with van der Waals surface area (Å²) in [5.74, 6) is -0.134. The van der Waals surface area contributed by atoms with Gasteiger partial charge in [-0.15, -0.1) is 0 Å². The molecule has 0 unspecified atom stereocenters. The molecule has 0 aliphatic heterocycles. The van der Waals surface area contributed by atoms with Crippen LogP contribution in [0.1, 0.15) is 11.3 Å². The standard InChI is InChI=1S/C14H10N4O3S/c1-9-5-10-3-2-4-12(14(10)16-8-9)22(19,20)18-13-6-11(7-15)21-17-13/h2-6,8H,1H3,(H,17,18). The number of rotatable bonds is 3. The van der Waals surface area contributed by atoms with Gasteiger partial charge in [0.1, 0.15) is 11.0 Å². The maximum atomic E-state index is 12.5. The van der Waals surface area contributed by atoms with E-state index in [0.717, 1.165) is 10.9 Å². The lowest BCUT2D eigenvalue weighted by Gasteiger charge is -2.08. The van der Waals surface area contributed by atoms with Crippen LogP contribution in [0.5, 0.6) is 0 Å². The number of benzene rings is 1. The fourth-order valence-corrected chi connectivity index (χ4v) is 3.19. The lowest BCUT2D eigenvalue weighted by molar-refractivity contribution is 0.413. The molecule has 3 aromatic rings. The van der Waals surface area contributed by atoms with E-state index in [4.69, 9.17) is 5.26 Å². The number of nitrogens with zero attached hydrogens (tertiary/aromatic N) is 3. The molecule has 110 valence electrons. The highest BCUT2D eigenvalue weighted by molar-refractivity contribution is 7.93. The number of aromatic nitrogens is 2. The number of aryl methyl sites for hydroxylation is 1. The van der Waals surface area contributed by atoms with Crippen LogP contribution in [0, 0.1) is 18.3 Å². The number of nitriles is 1. The molecule has 7 nitrogen and oxygen atoms in total. The molecule has 2 aromatic heterocycles. The van der Waals surface area contributed by atoms with Crippen LogP contribution < -0.4 is 4.72 Å². The van der Waals surface area contributed by atoms with Gasteiger partial charge >= 0.3 is 0 Å². The van der Waals surface area contributed by atoms with Gasteiger partial charge in [-0.25, -0.2) is 8.42 Å². The normalized spacial score (nSPS) is 11.3. The maximum absolute atomic E-state index is 12.5. The Morgan fingerprint density at radius 3 is 2.86 bits per heavy atom. The Morgan fingerprint density at radius 2 is 2.14 bits per heavy atom. The number of para-hydroxylation sites is 1. The van der Waals surface area contributed by atoms with E-state index in [0.29, 0.717) is 5.52 Å². The number of anilines is 1. The van der Waals surface area contributed by atoms with E-state index in [1.807, 2.05) is 13.0 Å². The van der Waals surface area contributed by atoms with Crippen molar-refractivity contribution < 1.29 is 12.9 Å². The second kappa shape index (κ2) is 5.13. The van der Waals surface area contributed by atoms with Crippen molar-refractivity contribution in [2.24, 2.45) is 0 Å². The number of pyridine rings is 1. The Bertz CT molecular complexity index is 1000. The lowest BCUT2D eigenvalue weighted by atomic mass is 10.2. The van der Waals surface area contributed by atoms with E-state index in [2.05, 4.69) is 19.4 Å². The molecule has 1 N–H and O–H groups in total. The fourth-order valence-electron chi connectivity index (χ4n) is 2.03. The van der Waals surface area contributed by atoms with E-state index >= 15 is 0 Å². The molecular weight excluding hydrogens is 304 g/mol. The zero-order valence-corrected chi connectivity index (χ0v) is 12.3. The first-order valence-corrected chi connectivity index (χ1v) is 7.73. The molecule has 0 saturated carbocycles.